The standard InChI is InChI=1S/C24H22N2O4/c1-16-7-8-20(30-21-15-17(2)13-18-5-3-4-6-19(18)21)22(14-16)29-12-11-26-10-9-23(27)25-24(26)28/h3-10,13-15H,11-12H2,1-2H3,(H,25,27,28). The fraction of sp³-hybridized carbons (Fsp3) is 0.167. The minimum atomic E-state index is -0.460. The highest BCUT2D eigenvalue weighted by atomic mass is 16.5. The Balaban J connectivity index is 1.58. The molecule has 4 aromatic rings. The zero-order chi connectivity index (χ0) is 21.1. The Labute approximate surface area is 173 Å². The van der Waals surface area contributed by atoms with E-state index >= 15 is 0 Å². The van der Waals surface area contributed by atoms with Crippen LogP contribution in [0.3, 0.4) is 0 Å². The molecule has 0 spiro atoms. The molecule has 152 valence electrons. The van der Waals surface area contributed by atoms with E-state index < -0.39 is 11.2 Å². The Morgan fingerprint density at radius 1 is 0.867 bits per heavy atom. The highest BCUT2D eigenvalue weighted by Gasteiger charge is 2.11. The Hall–Kier alpha value is -3.80. The molecule has 6 heteroatoms. The number of aryl methyl sites for hydroxylation is 2. The Kier molecular flexibility index (Phi) is 5.39. The summed E-state index contributed by atoms with van der Waals surface area (Å²) in [5.41, 5.74) is 1.26. The molecule has 1 aromatic heterocycles. The monoisotopic (exact) mass is 402 g/mol. The first-order valence-electron chi connectivity index (χ1n) is 9.70. The lowest BCUT2D eigenvalue weighted by molar-refractivity contribution is 0.283. The van der Waals surface area contributed by atoms with Gasteiger partial charge in [-0.25, -0.2) is 4.79 Å². The third kappa shape index (κ3) is 4.27. The first kappa shape index (κ1) is 19.5. The van der Waals surface area contributed by atoms with Crippen LogP contribution in [0.15, 0.2) is 76.4 Å². The molecule has 30 heavy (non-hydrogen) atoms. The van der Waals surface area contributed by atoms with Crippen molar-refractivity contribution >= 4 is 10.8 Å². The van der Waals surface area contributed by atoms with Crippen molar-refractivity contribution in [3.05, 3.63) is 98.8 Å². The average molecular weight is 402 g/mol. The normalized spacial score (nSPS) is 10.9. The minimum absolute atomic E-state index is 0.250. The van der Waals surface area contributed by atoms with Gasteiger partial charge in [0.05, 0.1) is 6.54 Å². The maximum absolute atomic E-state index is 11.8. The number of H-pyrrole nitrogens is 1. The number of nitrogens with one attached hydrogen (secondary N) is 1. The van der Waals surface area contributed by atoms with Crippen molar-refractivity contribution in [2.45, 2.75) is 20.4 Å². The van der Waals surface area contributed by atoms with Crippen LogP contribution in [0.4, 0.5) is 0 Å². The van der Waals surface area contributed by atoms with E-state index in [0.717, 1.165) is 27.6 Å². The van der Waals surface area contributed by atoms with Crippen molar-refractivity contribution in [1.29, 1.82) is 0 Å². The van der Waals surface area contributed by atoms with E-state index in [1.165, 1.54) is 16.8 Å². The summed E-state index contributed by atoms with van der Waals surface area (Å²) in [6.45, 7) is 4.57. The van der Waals surface area contributed by atoms with Crippen LogP contribution in [0.1, 0.15) is 11.1 Å². The SMILES string of the molecule is Cc1ccc(Oc2cc(C)cc3ccccc23)c(OCCn2ccc(=O)[nH]c2=O)c1. The largest absolute Gasteiger partial charge is 0.488 e. The fourth-order valence-electron chi connectivity index (χ4n) is 3.31. The summed E-state index contributed by atoms with van der Waals surface area (Å²) < 4.78 is 13.6. The first-order valence-corrected chi connectivity index (χ1v) is 9.70. The molecule has 0 unspecified atom stereocenters. The summed E-state index contributed by atoms with van der Waals surface area (Å²) in [7, 11) is 0. The number of hydrogen-bond acceptors (Lipinski definition) is 4. The van der Waals surface area contributed by atoms with Crippen LogP contribution in [0.5, 0.6) is 17.2 Å². The van der Waals surface area contributed by atoms with Crippen molar-refractivity contribution in [2.75, 3.05) is 6.61 Å². The smallest absolute Gasteiger partial charge is 0.328 e. The van der Waals surface area contributed by atoms with Crippen molar-refractivity contribution in [3.8, 4) is 17.2 Å². The maximum atomic E-state index is 11.8. The van der Waals surface area contributed by atoms with E-state index in [9.17, 15) is 9.59 Å². The Morgan fingerprint density at radius 2 is 1.67 bits per heavy atom. The van der Waals surface area contributed by atoms with Gasteiger partial charge < -0.3 is 9.47 Å². The van der Waals surface area contributed by atoms with Crippen LogP contribution in [-0.2, 0) is 6.54 Å². The molecule has 1 N–H and O–H groups in total. The van der Waals surface area contributed by atoms with Crippen molar-refractivity contribution in [1.82, 2.24) is 9.55 Å². The topological polar surface area (TPSA) is 73.3 Å². The van der Waals surface area contributed by atoms with Crippen molar-refractivity contribution < 1.29 is 9.47 Å². The average Bonchev–Trinajstić information content (AvgIpc) is 2.71. The number of rotatable bonds is 6. The van der Waals surface area contributed by atoms with Gasteiger partial charge >= 0.3 is 5.69 Å². The molecule has 6 nitrogen and oxygen atoms in total. The lowest BCUT2D eigenvalue weighted by Gasteiger charge is -2.15. The van der Waals surface area contributed by atoms with Gasteiger partial charge in [-0.05, 0) is 48.6 Å². The minimum Gasteiger partial charge on any atom is -0.488 e. The second-order valence-electron chi connectivity index (χ2n) is 7.19. The molecule has 0 fully saturated rings. The van der Waals surface area contributed by atoms with E-state index in [1.807, 2.05) is 56.3 Å². The van der Waals surface area contributed by atoms with Crippen molar-refractivity contribution in [3.63, 3.8) is 0 Å². The molecule has 0 saturated carbocycles. The lowest BCUT2D eigenvalue weighted by atomic mass is 10.1. The molecule has 0 aliphatic carbocycles. The molecule has 3 aromatic carbocycles. The van der Waals surface area contributed by atoms with E-state index in [1.54, 1.807) is 0 Å². The molecule has 0 amide bonds. The maximum Gasteiger partial charge on any atom is 0.328 e. The summed E-state index contributed by atoms with van der Waals surface area (Å²) in [4.78, 5) is 25.3. The molecule has 1 heterocycles. The van der Waals surface area contributed by atoms with Crippen LogP contribution >= 0.6 is 0 Å². The molecule has 0 radical (unpaired) electrons. The molecule has 0 saturated heterocycles. The van der Waals surface area contributed by atoms with E-state index in [0.29, 0.717) is 18.0 Å². The van der Waals surface area contributed by atoms with Gasteiger partial charge in [0.2, 0.25) is 0 Å². The fourth-order valence-corrected chi connectivity index (χ4v) is 3.31. The van der Waals surface area contributed by atoms with Gasteiger partial charge in [-0.2, -0.15) is 0 Å². The van der Waals surface area contributed by atoms with E-state index in [4.69, 9.17) is 9.47 Å². The quantitative estimate of drug-likeness (QED) is 0.525. The number of fused-ring (bicyclic) bond motifs is 1. The summed E-state index contributed by atoms with van der Waals surface area (Å²) in [6.07, 6.45) is 1.46. The van der Waals surface area contributed by atoms with Gasteiger partial charge in [-0.1, -0.05) is 36.4 Å². The molecule has 0 aliphatic rings. The predicted molar refractivity (Wildman–Crippen MR) is 117 cm³/mol. The van der Waals surface area contributed by atoms with Gasteiger partial charge in [-0.3, -0.25) is 14.3 Å². The van der Waals surface area contributed by atoms with E-state index in [2.05, 4.69) is 17.1 Å². The zero-order valence-corrected chi connectivity index (χ0v) is 16.8. The van der Waals surface area contributed by atoms with E-state index in [-0.39, 0.29) is 6.61 Å². The molecular weight excluding hydrogens is 380 g/mol. The predicted octanol–water partition coefficient (Wildman–Crippen LogP) is 4.18. The first-order chi connectivity index (χ1) is 14.5. The van der Waals surface area contributed by atoms with Gasteiger partial charge in [0.15, 0.2) is 11.5 Å². The highest BCUT2D eigenvalue weighted by molar-refractivity contribution is 5.89. The van der Waals surface area contributed by atoms with Gasteiger partial charge in [0.1, 0.15) is 12.4 Å². The number of ether oxygens (including phenoxy) is 2. The third-order valence-electron chi connectivity index (χ3n) is 4.77. The zero-order valence-electron chi connectivity index (χ0n) is 16.8. The summed E-state index contributed by atoms with van der Waals surface area (Å²) >= 11 is 0. The third-order valence-corrected chi connectivity index (χ3v) is 4.77. The van der Waals surface area contributed by atoms with Crippen LogP contribution in [0.2, 0.25) is 0 Å². The van der Waals surface area contributed by atoms with Gasteiger partial charge in [-0.15, -0.1) is 0 Å². The van der Waals surface area contributed by atoms with Crippen LogP contribution < -0.4 is 20.7 Å². The second-order valence-corrected chi connectivity index (χ2v) is 7.19. The molecule has 0 atom stereocenters. The number of aromatic nitrogens is 2. The van der Waals surface area contributed by atoms with Crippen LogP contribution in [-0.4, -0.2) is 16.2 Å². The van der Waals surface area contributed by atoms with Crippen molar-refractivity contribution in [2.24, 2.45) is 0 Å². The number of hydrogen-bond donors (Lipinski definition) is 1. The Morgan fingerprint density at radius 3 is 2.50 bits per heavy atom. The van der Waals surface area contributed by atoms with Crippen LogP contribution in [0.25, 0.3) is 10.8 Å². The second kappa shape index (κ2) is 8.29. The van der Waals surface area contributed by atoms with Gasteiger partial charge in [0, 0.05) is 17.6 Å². The molecule has 0 bridgehead atoms. The Bertz CT molecular complexity index is 1320. The summed E-state index contributed by atoms with van der Waals surface area (Å²) in [5.74, 6) is 1.96. The number of benzene rings is 3. The van der Waals surface area contributed by atoms with Crippen LogP contribution in [0, 0.1) is 13.8 Å². The molecular formula is C24H22N2O4. The summed E-state index contributed by atoms with van der Waals surface area (Å²) in [5, 5.41) is 2.13. The highest BCUT2D eigenvalue weighted by Crippen LogP contribution is 2.36. The number of nitrogens with zero attached hydrogens (tertiary/aromatic N) is 1. The molecule has 0 aliphatic heterocycles. The van der Waals surface area contributed by atoms with Gasteiger partial charge in [0.25, 0.3) is 5.56 Å². The lowest BCUT2D eigenvalue weighted by Crippen LogP contribution is -2.30. The summed E-state index contributed by atoms with van der Waals surface area (Å²) in [6, 6.07) is 19.3. The number of aromatic amines is 1. The molecule has 4 rings (SSSR count).